The van der Waals surface area contributed by atoms with Crippen molar-refractivity contribution in [2.45, 2.75) is 20.4 Å². The molecule has 0 unspecified atom stereocenters. The van der Waals surface area contributed by atoms with E-state index in [4.69, 9.17) is 22.1 Å². The number of nitrogens with two attached hydrogens (primary N) is 1. The molecule has 0 radical (unpaired) electrons. The molecule has 1 aromatic rings. The molecule has 0 aromatic carbocycles. The van der Waals surface area contributed by atoms with E-state index in [1.807, 2.05) is 14.1 Å². The van der Waals surface area contributed by atoms with E-state index in [9.17, 15) is 0 Å². The predicted molar refractivity (Wildman–Crippen MR) is 78.6 cm³/mol. The quantitative estimate of drug-likeness (QED) is 0.665. The summed E-state index contributed by atoms with van der Waals surface area (Å²) in [7, 11) is 3.68. The fourth-order valence-corrected chi connectivity index (χ4v) is 1.46. The normalized spacial score (nSPS) is 11.8. The van der Waals surface area contributed by atoms with Gasteiger partial charge in [-0.25, -0.2) is 9.98 Å². The molecular formula is C13H21ClN4O. The lowest BCUT2D eigenvalue weighted by Crippen LogP contribution is -2.30. The van der Waals surface area contributed by atoms with Crippen LogP contribution in [0.4, 0.5) is 0 Å². The molecule has 19 heavy (non-hydrogen) atoms. The van der Waals surface area contributed by atoms with Crippen molar-refractivity contribution >= 4 is 17.6 Å². The molecule has 0 amide bonds. The Bertz CT molecular complexity index is 446. The minimum absolute atomic E-state index is 0.432. The first-order valence-corrected chi connectivity index (χ1v) is 6.52. The van der Waals surface area contributed by atoms with Gasteiger partial charge in [-0.2, -0.15) is 0 Å². The summed E-state index contributed by atoms with van der Waals surface area (Å²) in [5.74, 6) is 1.36. The van der Waals surface area contributed by atoms with Crippen LogP contribution in [-0.4, -0.2) is 36.5 Å². The fraction of sp³-hybridized carbons (Fsp3) is 0.538. The summed E-state index contributed by atoms with van der Waals surface area (Å²) < 4.78 is 5.51. The molecule has 0 aliphatic rings. The van der Waals surface area contributed by atoms with Gasteiger partial charge in [0.05, 0.1) is 13.2 Å². The predicted octanol–water partition coefficient (Wildman–Crippen LogP) is 2.15. The first-order chi connectivity index (χ1) is 8.90. The zero-order valence-corrected chi connectivity index (χ0v) is 12.6. The minimum atomic E-state index is 0.432. The number of hydrogen-bond acceptors (Lipinski definition) is 3. The molecule has 0 aliphatic carbocycles. The number of pyridine rings is 1. The van der Waals surface area contributed by atoms with Crippen molar-refractivity contribution in [3.63, 3.8) is 0 Å². The second kappa shape index (κ2) is 7.19. The standard InChI is InChI=1S/C13H21ClN4O/c1-9(2)8-19-12-11(14)5-10(6-16-12)7-17-13(15)18(3)4/h5-6,9H,7-8H2,1-4H3,(H2,15,17). The van der Waals surface area contributed by atoms with Crippen molar-refractivity contribution in [3.8, 4) is 5.88 Å². The van der Waals surface area contributed by atoms with E-state index < -0.39 is 0 Å². The second-order valence-corrected chi connectivity index (χ2v) is 5.31. The molecule has 0 bridgehead atoms. The zero-order valence-electron chi connectivity index (χ0n) is 11.9. The van der Waals surface area contributed by atoms with Crippen LogP contribution in [0.2, 0.25) is 5.02 Å². The van der Waals surface area contributed by atoms with E-state index in [-0.39, 0.29) is 0 Å². The fourth-order valence-electron chi connectivity index (χ4n) is 1.22. The SMILES string of the molecule is CC(C)COc1ncc(CN=C(N)N(C)C)cc1Cl. The first kappa shape index (κ1) is 15.6. The van der Waals surface area contributed by atoms with Gasteiger partial charge in [0.2, 0.25) is 5.88 Å². The van der Waals surface area contributed by atoms with Crippen molar-refractivity contribution in [1.29, 1.82) is 0 Å². The van der Waals surface area contributed by atoms with Gasteiger partial charge in [0, 0.05) is 20.3 Å². The van der Waals surface area contributed by atoms with E-state index in [1.165, 1.54) is 0 Å². The average Bonchev–Trinajstić information content (AvgIpc) is 2.34. The van der Waals surface area contributed by atoms with Crippen molar-refractivity contribution in [2.75, 3.05) is 20.7 Å². The molecule has 0 saturated heterocycles. The van der Waals surface area contributed by atoms with Crippen LogP contribution in [0.3, 0.4) is 0 Å². The van der Waals surface area contributed by atoms with Crippen LogP contribution < -0.4 is 10.5 Å². The number of aliphatic imine (C=N–C) groups is 1. The van der Waals surface area contributed by atoms with Crippen molar-refractivity contribution in [2.24, 2.45) is 16.6 Å². The molecule has 5 nitrogen and oxygen atoms in total. The van der Waals surface area contributed by atoms with Gasteiger partial charge in [0.25, 0.3) is 0 Å². The highest BCUT2D eigenvalue weighted by molar-refractivity contribution is 6.31. The maximum Gasteiger partial charge on any atom is 0.232 e. The van der Waals surface area contributed by atoms with Gasteiger partial charge >= 0.3 is 0 Å². The van der Waals surface area contributed by atoms with Crippen molar-refractivity contribution in [3.05, 3.63) is 22.8 Å². The van der Waals surface area contributed by atoms with Gasteiger partial charge in [-0.3, -0.25) is 0 Å². The van der Waals surface area contributed by atoms with Crippen LogP contribution in [0.5, 0.6) is 5.88 Å². The number of ether oxygens (including phenoxy) is 1. The van der Waals surface area contributed by atoms with Gasteiger partial charge < -0.3 is 15.4 Å². The first-order valence-electron chi connectivity index (χ1n) is 6.14. The molecule has 2 N–H and O–H groups in total. The van der Waals surface area contributed by atoms with Crippen LogP contribution in [0.15, 0.2) is 17.3 Å². The highest BCUT2D eigenvalue weighted by Gasteiger charge is 2.06. The number of hydrogen-bond donors (Lipinski definition) is 1. The van der Waals surface area contributed by atoms with Crippen molar-refractivity contribution in [1.82, 2.24) is 9.88 Å². The molecule has 106 valence electrons. The number of guanidine groups is 1. The number of nitrogens with zero attached hydrogens (tertiary/aromatic N) is 3. The van der Waals surface area contributed by atoms with E-state index in [2.05, 4.69) is 23.8 Å². The Morgan fingerprint density at radius 1 is 1.53 bits per heavy atom. The highest BCUT2D eigenvalue weighted by atomic mass is 35.5. The maximum atomic E-state index is 6.11. The lowest BCUT2D eigenvalue weighted by Gasteiger charge is -2.11. The molecule has 0 aliphatic heterocycles. The van der Waals surface area contributed by atoms with Crippen LogP contribution >= 0.6 is 11.6 Å². The van der Waals surface area contributed by atoms with Gasteiger partial charge in [-0.15, -0.1) is 0 Å². The Hall–Kier alpha value is -1.49. The van der Waals surface area contributed by atoms with Gasteiger partial charge in [0.15, 0.2) is 5.96 Å². The smallest absolute Gasteiger partial charge is 0.232 e. The van der Waals surface area contributed by atoms with Crippen LogP contribution in [0, 0.1) is 5.92 Å². The molecule has 0 fully saturated rings. The van der Waals surface area contributed by atoms with E-state index in [0.717, 1.165) is 5.56 Å². The maximum absolute atomic E-state index is 6.11. The summed E-state index contributed by atoms with van der Waals surface area (Å²) >= 11 is 6.11. The van der Waals surface area contributed by atoms with Gasteiger partial charge in [0.1, 0.15) is 5.02 Å². The molecular weight excluding hydrogens is 264 g/mol. The van der Waals surface area contributed by atoms with Gasteiger partial charge in [-0.1, -0.05) is 25.4 Å². The Kier molecular flexibility index (Phi) is 5.89. The minimum Gasteiger partial charge on any atom is -0.476 e. The largest absolute Gasteiger partial charge is 0.476 e. The molecule has 0 spiro atoms. The summed E-state index contributed by atoms with van der Waals surface area (Å²) in [5, 5.41) is 0.497. The van der Waals surface area contributed by atoms with Gasteiger partial charge in [-0.05, 0) is 17.5 Å². The Labute approximate surface area is 119 Å². The topological polar surface area (TPSA) is 63.7 Å². The molecule has 1 heterocycles. The third-order valence-corrected chi connectivity index (χ3v) is 2.57. The Morgan fingerprint density at radius 3 is 2.74 bits per heavy atom. The summed E-state index contributed by atoms with van der Waals surface area (Å²) in [5.41, 5.74) is 6.61. The lowest BCUT2D eigenvalue weighted by atomic mass is 10.2. The molecule has 0 saturated carbocycles. The molecule has 1 aromatic heterocycles. The summed E-state index contributed by atoms with van der Waals surface area (Å²) in [6.07, 6.45) is 1.70. The number of halogens is 1. The third kappa shape index (κ3) is 5.34. The average molecular weight is 285 g/mol. The summed E-state index contributed by atoms with van der Waals surface area (Å²) in [6.45, 7) is 5.18. The summed E-state index contributed by atoms with van der Waals surface area (Å²) in [4.78, 5) is 10.2. The molecule has 0 atom stereocenters. The second-order valence-electron chi connectivity index (χ2n) is 4.90. The monoisotopic (exact) mass is 284 g/mol. The highest BCUT2D eigenvalue weighted by Crippen LogP contribution is 2.23. The van der Waals surface area contributed by atoms with E-state index >= 15 is 0 Å². The Morgan fingerprint density at radius 2 is 2.21 bits per heavy atom. The van der Waals surface area contributed by atoms with Crippen LogP contribution in [0.1, 0.15) is 19.4 Å². The third-order valence-electron chi connectivity index (χ3n) is 2.30. The zero-order chi connectivity index (χ0) is 14.4. The van der Waals surface area contributed by atoms with Crippen LogP contribution in [0.25, 0.3) is 0 Å². The van der Waals surface area contributed by atoms with E-state index in [1.54, 1.807) is 17.2 Å². The number of rotatable bonds is 5. The van der Waals surface area contributed by atoms with Crippen LogP contribution in [-0.2, 0) is 6.54 Å². The lowest BCUT2D eigenvalue weighted by molar-refractivity contribution is 0.261. The van der Waals surface area contributed by atoms with E-state index in [0.29, 0.717) is 35.9 Å². The molecule has 6 heteroatoms. The molecule has 1 rings (SSSR count). The summed E-state index contributed by atoms with van der Waals surface area (Å²) in [6, 6.07) is 1.80. The van der Waals surface area contributed by atoms with Crippen molar-refractivity contribution < 1.29 is 4.74 Å². The Balaban J connectivity index is 2.69. The number of aromatic nitrogens is 1.